The molecule has 0 bridgehead atoms. The van der Waals surface area contributed by atoms with Crippen molar-refractivity contribution in [2.24, 2.45) is 5.92 Å². The molecule has 0 heterocycles. The average molecular weight is 289 g/mol. The molecule has 6 heteroatoms. The zero-order valence-electron chi connectivity index (χ0n) is 11.2. The van der Waals surface area contributed by atoms with E-state index in [9.17, 15) is 12.8 Å². The van der Waals surface area contributed by atoms with E-state index in [1.54, 1.807) is 6.92 Å². The number of sulfonamides is 1. The molecule has 0 aromatic heterocycles. The SMILES string of the molecule is CCC(CCO)CNS(=O)(=O)c1ccc(C)c(F)c1. The number of aliphatic hydroxyl groups is 1. The minimum absolute atomic E-state index is 0.0272. The van der Waals surface area contributed by atoms with Crippen LogP contribution < -0.4 is 4.72 Å². The van der Waals surface area contributed by atoms with Crippen LogP contribution in [0.4, 0.5) is 4.39 Å². The minimum atomic E-state index is -3.69. The Hall–Kier alpha value is -0.980. The van der Waals surface area contributed by atoms with Crippen LogP contribution in [0.15, 0.2) is 23.1 Å². The Morgan fingerprint density at radius 3 is 2.63 bits per heavy atom. The van der Waals surface area contributed by atoms with Gasteiger partial charge in [0.25, 0.3) is 0 Å². The molecule has 1 atom stereocenters. The molecule has 0 radical (unpaired) electrons. The number of nitrogens with one attached hydrogen (secondary N) is 1. The van der Waals surface area contributed by atoms with E-state index in [-0.39, 0.29) is 24.0 Å². The molecule has 0 saturated carbocycles. The summed E-state index contributed by atoms with van der Waals surface area (Å²) in [5, 5.41) is 8.85. The Bertz CT molecular complexity index is 517. The first-order valence-electron chi connectivity index (χ1n) is 6.27. The summed E-state index contributed by atoms with van der Waals surface area (Å²) in [5.74, 6) is -0.458. The van der Waals surface area contributed by atoms with Crippen LogP contribution in [0.1, 0.15) is 25.3 Å². The summed E-state index contributed by atoms with van der Waals surface area (Å²) in [6, 6.07) is 3.84. The topological polar surface area (TPSA) is 66.4 Å². The van der Waals surface area contributed by atoms with Crippen molar-refractivity contribution in [3.05, 3.63) is 29.6 Å². The molecule has 1 aromatic rings. The molecule has 4 nitrogen and oxygen atoms in total. The monoisotopic (exact) mass is 289 g/mol. The maximum absolute atomic E-state index is 13.4. The van der Waals surface area contributed by atoms with E-state index in [0.717, 1.165) is 12.5 Å². The van der Waals surface area contributed by atoms with Crippen LogP contribution in [-0.4, -0.2) is 26.7 Å². The van der Waals surface area contributed by atoms with E-state index in [1.807, 2.05) is 6.92 Å². The number of hydrogen-bond donors (Lipinski definition) is 2. The number of benzene rings is 1. The smallest absolute Gasteiger partial charge is 0.240 e. The third-order valence-corrected chi connectivity index (χ3v) is 4.55. The summed E-state index contributed by atoms with van der Waals surface area (Å²) in [4.78, 5) is -0.0746. The van der Waals surface area contributed by atoms with E-state index in [2.05, 4.69) is 4.72 Å². The Morgan fingerprint density at radius 1 is 1.42 bits per heavy atom. The highest BCUT2D eigenvalue weighted by Crippen LogP contribution is 2.15. The highest BCUT2D eigenvalue weighted by Gasteiger charge is 2.17. The van der Waals surface area contributed by atoms with Crippen molar-refractivity contribution in [1.29, 1.82) is 0 Å². The number of rotatable bonds is 7. The van der Waals surface area contributed by atoms with Gasteiger partial charge in [0.1, 0.15) is 5.82 Å². The molecule has 0 spiro atoms. The van der Waals surface area contributed by atoms with Crippen molar-refractivity contribution in [1.82, 2.24) is 4.72 Å². The van der Waals surface area contributed by atoms with Crippen LogP contribution in [0.2, 0.25) is 0 Å². The Morgan fingerprint density at radius 2 is 2.11 bits per heavy atom. The molecule has 0 saturated heterocycles. The van der Waals surface area contributed by atoms with E-state index in [1.165, 1.54) is 12.1 Å². The van der Waals surface area contributed by atoms with Gasteiger partial charge in [0.2, 0.25) is 10.0 Å². The quantitative estimate of drug-likeness (QED) is 0.804. The van der Waals surface area contributed by atoms with Gasteiger partial charge in [-0.15, -0.1) is 0 Å². The summed E-state index contributed by atoms with van der Waals surface area (Å²) in [7, 11) is -3.69. The molecule has 108 valence electrons. The second-order valence-electron chi connectivity index (χ2n) is 4.55. The van der Waals surface area contributed by atoms with Gasteiger partial charge in [0, 0.05) is 13.2 Å². The Balaban J connectivity index is 2.78. The molecule has 1 unspecified atom stereocenters. The van der Waals surface area contributed by atoms with Crippen molar-refractivity contribution < 1.29 is 17.9 Å². The summed E-state index contributed by atoms with van der Waals surface area (Å²) < 4.78 is 39.8. The molecule has 0 aliphatic rings. The standard InChI is InChI=1S/C13H20FNO3S/c1-3-11(6-7-16)9-15-19(17,18)12-5-4-10(2)13(14)8-12/h4-5,8,11,15-16H,3,6-7,9H2,1-2H3. The van der Waals surface area contributed by atoms with Gasteiger partial charge in [0.05, 0.1) is 4.90 Å². The lowest BCUT2D eigenvalue weighted by molar-refractivity contribution is 0.254. The largest absolute Gasteiger partial charge is 0.396 e. The Labute approximate surface area is 113 Å². The predicted octanol–water partition coefficient (Wildman–Crippen LogP) is 1.82. The van der Waals surface area contributed by atoms with Crippen LogP contribution in [0, 0.1) is 18.7 Å². The third kappa shape index (κ3) is 4.56. The highest BCUT2D eigenvalue weighted by atomic mass is 32.2. The van der Waals surface area contributed by atoms with Crippen LogP contribution in [-0.2, 0) is 10.0 Å². The lowest BCUT2D eigenvalue weighted by Gasteiger charge is -2.14. The first-order chi connectivity index (χ1) is 8.90. The van der Waals surface area contributed by atoms with Gasteiger partial charge in [-0.25, -0.2) is 17.5 Å². The predicted molar refractivity (Wildman–Crippen MR) is 71.8 cm³/mol. The van der Waals surface area contributed by atoms with Gasteiger partial charge in [0.15, 0.2) is 0 Å². The van der Waals surface area contributed by atoms with Gasteiger partial charge in [-0.05, 0) is 37.0 Å². The zero-order chi connectivity index (χ0) is 14.5. The zero-order valence-corrected chi connectivity index (χ0v) is 12.0. The molecule has 1 aromatic carbocycles. The maximum atomic E-state index is 13.4. The number of aryl methyl sites for hydroxylation is 1. The maximum Gasteiger partial charge on any atom is 0.240 e. The Kier molecular flexibility index (Phi) is 5.90. The minimum Gasteiger partial charge on any atom is -0.396 e. The summed E-state index contributed by atoms with van der Waals surface area (Å²) >= 11 is 0. The second kappa shape index (κ2) is 6.98. The van der Waals surface area contributed by atoms with E-state index < -0.39 is 15.8 Å². The number of hydrogen-bond acceptors (Lipinski definition) is 3. The van der Waals surface area contributed by atoms with Crippen molar-refractivity contribution in [2.45, 2.75) is 31.6 Å². The van der Waals surface area contributed by atoms with Crippen molar-refractivity contribution in [3.8, 4) is 0 Å². The summed E-state index contributed by atoms with van der Waals surface area (Å²) in [6.07, 6.45) is 1.31. The molecule has 1 rings (SSSR count). The van der Waals surface area contributed by atoms with Gasteiger partial charge in [-0.3, -0.25) is 0 Å². The summed E-state index contributed by atoms with van der Waals surface area (Å²) in [6.45, 7) is 3.78. The first-order valence-corrected chi connectivity index (χ1v) is 7.75. The molecular formula is C13H20FNO3S. The van der Waals surface area contributed by atoms with Gasteiger partial charge < -0.3 is 5.11 Å². The molecular weight excluding hydrogens is 269 g/mol. The molecule has 2 N–H and O–H groups in total. The van der Waals surface area contributed by atoms with Crippen LogP contribution in [0.3, 0.4) is 0 Å². The van der Waals surface area contributed by atoms with Crippen molar-refractivity contribution >= 4 is 10.0 Å². The fourth-order valence-corrected chi connectivity index (χ4v) is 2.81. The van der Waals surface area contributed by atoms with E-state index in [0.29, 0.717) is 12.0 Å². The fraction of sp³-hybridized carbons (Fsp3) is 0.538. The van der Waals surface area contributed by atoms with Crippen LogP contribution in [0.25, 0.3) is 0 Å². The van der Waals surface area contributed by atoms with Gasteiger partial charge >= 0.3 is 0 Å². The first kappa shape index (κ1) is 16.1. The van der Waals surface area contributed by atoms with Gasteiger partial charge in [-0.1, -0.05) is 19.4 Å². The van der Waals surface area contributed by atoms with Gasteiger partial charge in [-0.2, -0.15) is 0 Å². The van der Waals surface area contributed by atoms with Crippen molar-refractivity contribution in [3.63, 3.8) is 0 Å². The lowest BCUT2D eigenvalue weighted by atomic mass is 10.0. The van der Waals surface area contributed by atoms with Crippen LogP contribution >= 0.6 is 0 Å². The normalized spacial score (nSPS) is 13.5. The fourth-order valence-electron chi connectivity index (χ4n) is 1.68. The molecule has 0 fully saturated rings. The molecule has 0 aliphatic heterocycles. The number of halogens is 1. The van der Waals surface area contributed by atoms with E-state index in [4.69, 9.17) is 5.11 Å². The molecule has 19 heavy (non-hydrogen) atoms. The van der Waals surface area contributed by atoms with Crippen molar-refractivity contribution in [2.75, 3.05) is 13.2 Å². The number of aliphatic hydroxyl groups excluding tert-OH is 1. The summed E-state index contributed by atoms with van der Waals surface area (Å²) in [5.41, 5.74) is 0.408. The molecule has 0 aliphatic carbocycles. The highest BCUT2D eigenvalue weighted by molar-refractivity contribution is 7.89. The van der Waals surface area contributed by atoms with E-state index >= 15 is 0 Å². The molecule has 0 amide bonds. The average Bonchev–Trinajstić information content (AvgIpc) is 2.37. The lowest BCUT2D eigenvalue weighted by Crippen LogP contribution is -2.29. The second-order valence-corrected chi connectivity index (χ2v) is 6.32. The third-order valence-electron chi connectivity index (χ3n) is 3.13. The van der Waals surface area contributed by atoms with Crippen LogP contribution in [0.5, 0.6) is 0 Å².